The third kappa shape index (κ3) is 3.83. The molecule has 0 radical (unpaired) electrons. The first kappa shape index (κ1) is 19.4. The number of hydrogen-bond acceptors (Lipinski definition) is 6. The fourth-order valence-corrected chi connectivity index (χ4v) is 2.77. The average Bonchev–Trinajstić information content (AvgIpc) is 3.07. The SMILES string of the molecule is CNCc1[nH]cc(C=CC(=O)OC)c1-c1ccc(OC)c(OC)c1OC. The maximum absolute atomic E-state index is 11.5. The minimum absolute atomic E-state index is 0.424. The van der Waals surface area contributed by atoms with E-state index in [1.165, 1.54) is 13.2 Å². The van der Waals surface area contributed by atoms with E-state index in [2.05, 4.69) is 15.0 Å². The molecule has 1 aromatic heterocycles. The van der Waals surface area contributed by atoms with E-state index < -0.39 is 5.97 Å². The molecule has 0 aliphatic heterocycles. The van der Waals surface area contributed by atoms with Crippen LogP contribution in [0.3, 0.4) is 0 Å². The molecule has 7 nitrogen and oxygen atoms in total. The van der Waals surface area contributed by atoms with Crippen LogP contribution in [0.5, 0.6) is 17.2 Å². The molecule has 1 heterocycles. The molecule has 1 aromatic carbocycles. The first-order valence-corrected chi connectivity index (χ1v) is 8.01. The summed E-state index contributed by atoms with van der Waals surface area (Å²) in [4.78, 5) is 14.7. The highest BCUT2D eigenvalue weighted by Gasteiger charge is 2.21. The molecule has 0 aliphatic carbocycles. The van der Waals surface area contributed by atoms with Crippen molar-refractivity contribution in [3.8, 4) is 28.4 Å². The van der Waals surface area contributed by atoms with E-state index in [0.717, 1.165) is 22.4 Å². The highest BCUT2D eigenvalue weighted by Crippen LogP contribution is 2.46. The third-order valence-electron chi connectivity index (χ3n) is 3.92. The van der Waals surface area contributed by atoms with Crippen LogP contribution >= 0.6 is 0 Å². The number of aromatic amines is 1. The van der Waals surface area contributed by atoms with Crippen LogP contribution in [0.2, 0.25) is 0 Å². The van der Waals surface area contributed by atoms with Crippen LogP contribution in [0.1, 0.15) is 11.3 Å². The van der Waals surface area contributed by atoms with E-state index in [1.54, 1.807) is 27.4 Å². The van der Waals surface area contributed by atoms with Gasteiger partial charge in [0, 0.05) is 41.2 Å². The maximum Gasteiger partial charge on any atom is 0.330 e. The minimum atomic E-state index is -0.424. The Kier molecular flexibility index (Phi) is 6.68. The topological polar surface area (TPSA) is 81.8 Å². The van der Waals surface area contributed by atoms with Crippen molar-refractivity contribution in [1.29, 1.82) is 0 Å². The molecular weight excluding hydrogens is 336 g/mol. The van der Waals surface area contributed by atoms with Gasteiger partial charge in [-0.15, -0.1) is 0 Å². The number of carbonyl (C=O) groups excluding carboxylic acids is 1. The molecule has 0 saturated carbocycles. The summed E-state index contributed by atoms with van der Waals surface area (Å²) < 4.78 is 21.1. The number of nitrogens with one attached hydrogen (secondary N) is 2. The summed E-state index contributed by atoms with van der Waals surface area (Å²) in [6.45, 7) is 0.610. The molecule has 0 amide bonds. The lowest BCUT2D eigenvalue weighted by Gasteiger charge is -2.17. The van der Waals surface area contributed by atoms with E-state index in [1.807, 2.05) is 25.4 Å². The van der Waals surface area contributed by atoms with Crippen molar-refractivity contribution < 1.29 is 23.7 Å². The van der Waals surface area contributed by atoms with Gasteiger partial charge >= 0.3 is 5.97 Å². The molecular formula is C19H24N2O5. The quantitative estimate of drug-likeness (QED) is 0.556. The number of aromatic nitrogens is 1. The van der Waals surface area contributed by atoms with Crippen molar-refractivity contribution in [1.82, 2.24) is 10.3 Å². The van der Waals surface area contributed by atoms with Crippen molar-refractivity contribution in [2.45, 2.75) is 6.54 Å². The van der Waals surface area contributed by atoms with Gasteiger partial charge in [0.1, 0.15) is 0 Å². The number of esters is 1. The first-order valence-electron chi connectivity index (χ1n) is 8.01. The van der Waals surface area contributed by atoms with Crippen molar-refractivity contribution in [3.63, 3.8) is 0 Å². The Morgan fingerprint density at radius 3 is 2.42 bits per heavy atom. The Bertz CT molecular complexity index is 795. The van der Waals surface area contributed by atoms with Gasteiger partial charge < -0.3 is 29.2 Å². The lowest BCUT2D eigenvalue weighted by atomic mass is 9.99. The van der Waals surface area contributed by atoms with Gasteiger partial charge in [0.2, 0.25) is 5.75 Å². The van der Waals surface area contributed by atoms with Crippen LogP contribution in [0.4, 0.5) is 0 Å². The molecule has 0 spiro atoms. The Morgan fingerprint density at radius 2 is 1.85 bits per heavy atom. The third-order valence-corrected chi connectivity index (χ3v) is 3.92. The van der Waals surface area contributed by atoms with E-state index in [-0.39, 0.29) is 0 Å². The van der Waals surface area contributed by atoms with Crippen LogP contribution in [0.25, 0.3) is 17.2 Å². The molecule has 0 atom stereocenters. The monoisotopic (exact) mass is 360 g/mol. The van der Waals surface area contributed by atoms with Crippen molar-refractivity contribution in [3.05, 3.63) is 35.7 Å². The Morgan fingerprint density at radius 1 is 1.12 bits per heavy atom. The van der Waals surface area contributed by atoms with Gasteiger partial charge in [0.05, 0.1) is 28.4 Å². The molecule has 2 N–H and O–H groups in total. The second kappa shape index (κ2) is 8.96. The van der Waals surface area contributed by atoms with Gasteiger partial charge in [0.15, 0.2) is 11.5 Å². The van der Waals surface area contributed by atoms with Crippen molar-refractivity contribution in [2.75, 3.05) is 35.5 Å². The van der Waals surface area contributed by atoms with Crippen LogP contribution in [-0.2, 0) is 16.1 Å². The van der Waals surface area contributed by atoms with Crippen LogP contribution in [0, 0.1) is 0 Å². The van der Waals surface area contributed by atoms with Crippen molar-refractivity contribution >= 4 is 12.0 Å². The molecule has 0 saturated heterocycles. The fourth-order valence-electron chi connectivity index (χ4n) is 2.77. The van der Waals surface area contributed by atoms with Crippen LogP contribution in [-0.4, -0.2) is 46.4 Å². The summed E-state index contributed by atoms with van der Waals surface area (Å²) >= 11 is 0. The number of H-pyrrole nitrogens is 1. The van der Waals surface area contributed by atoms with E-state index >= 15 is 0 Å². The summed E-state index contributed by atoms with van der Waals surface area (Å²) in [7, 11) is 7.92. The number of methoxy groups -OCH3 is 4. The summed E-state index contributed by atoms with van der Waals surface area (Å²) in [5, 5.41) is 3.13. The smallest absolute Gasteiger partial charge is 0.330 e. The van der Waals surface area contributed by atoms with Crippen molar-refractivity contribution in [2.24, 2.45) is 0 Å². The number of rotatable bonds is 8. The van der Waals surface area contributed by atoms with Gasteiger partial charge in [-0.05, 0) is 25.3 Å². The number of carbonyl (C=O) groups is 1. The number of hydrogen-bond donors (Lipinski definition) is 2. The van der Waals surface area contributed by atoms with Gasteiger partial charge in [0.25, 0.3) is 0 Å². The zero-order valence-corrected chi connectivity index (χ0v) is 15.6. The molecule has 2 aromatic rings. The summed E-state index contributed by atoms with van der Waals surface area (Å²) in [5.74, 6) is 1.21. The lowest BCUT2D eigenvalue weighted by Crippen LogP contribution is -2.07. The molecule has 0 fully saturated rings. The zero-order chi connectivity index (χ0) is 19.1. The minimum Gasteiger partial charge on any atom is -0.493 e. The second-order valence-corrected chi connectivity index (χ2v) is 5.37. The van der Waals surface area contributed by atoms with E-state index in [4.69, 9.17) is 14.2 Å². The Hall–Kier alpha value is -2.93. The Labute approximate surface area is 152 Å². The highest BCUT2D eigenvalue weighted by atomic mass is 16.5. The summed E-state index contributed by atoms with van der Waals surface area (Å²) in [5.41, 5.74) is 3.49. The number of benzene rings is 1. The van der Waals surface area contributed by atoms with E-state index in [9.17, 15) is 4.79 Å². The van der Waals surface area contributed by atoms with Gasteiger partial charge in [-0.25, -0.2) is 4.79 Å². The molecule has 0 unspecified atom stereocenters. The van der Waals surface area contributed by atoms with Gasteiger partial charge in [-0.1, -0.05) is 0 Å². The van der Waals surface area contributed by atoms with E-state index in [0.29, 0.717) is 23.8 Å². The van der Waals surface area contributed by atoms with Crippen LogP contribution in [0.15, 0.2) is 24.4 Å². The second-order valence-electron chi connectivity index (χ2n) is 5.37. The predicted molar refractivity (Wildman–Crippen MR) is 99.7 cm³/mol. The zero-order valence-electron chi connectivity index (χ0n) is 15.6. The molecule has 0 aliphatic rings. The van der Waals surface area contributed by atoms with Crippen LogP contribution < -0.4 is 19.5 Å². The highest BCUT2D eigenvalue weighted by molar-refractivity contribution is 5.91. The summed E-state index contributed by atoms with van der Waals surface area (Å²) in [6.07, 6.45) is 4.91. The fraction of sp³-hybridized carbons (Fsp3) is 0.316. The molecule has 2 rings (SSSR count). The molecule has 7 heteroatoms. The lowest BCUT2D eigenvalue weighted by molar-refractivity contribution is -0.134. The molecule has 140 valence electrons. The predicted octanol–water partition coefficient (Wildman–Crippen LogP) is 2.61. The van der Waals surface area contributed by atoms with Gasteiger partial charge in [-0.2, -0.15) is 0 Å². The summed E-state index contributed by atoms with van der Waals surface area (Å²) in [6, 6.07) is 3.72. The average molecular weight is 360 g/mol. The molecule has 26 heavy (non-hydrogen) atoms. The van der Waals surface area contributed by atoms with Gasteiger partial charge in [-0.3, -0.25) is 0 Å². The first-order chi connectivity index (χ1) is 12.6. The maximum atomic E-state index is 11.5. The largest absolute Gasteiger partial charge is 0.493 e. The standard InChI is InChI=1S/C19H24N2O5/c1-20-11-14-17(12(10-21-14)6-9-16(22)24-3)13-7-8-15(23-2)19(26-5)18(13)25-4/h6-10,20-21H,11H2,1-5H3. The molecule has 0 bridgehead atoms. The number of ether oxygens (including phenoxy) is 4. The Balaban J connectivity index is 2.68. The normalized spacial score (nSPS) is 10.8.